The highest BCUT2D eigenvalue weighted by Crippen LogP contribution is 2.28. The molecule has 0 aromatic carbocycles. The van der Waals surface area contributed by atoms with Crippen molar-refractivity contribution < 1.29 is 5.11 Å². The van der Waals surface area contributed by atoms with Crippen LogP contribution in [-0.2, 0) is 13.6 Å². The molecule has 1 aromatic rings. The van der Waals surface area contributed by atoms with Crippen LogP contribution in [0, 0.1) is 0 Å². The van der Waals surface area contributed by atoms with Gasteiger partial charge < -0.3 is 14.6 Å². The van der Waals surface area contributed by atoms with E-state index in [0.717, 1.165) is 57.2 Å². The van der Waals surface area contributed by atoms with Crippen molar-refractivity contribution in [2.45, 2.75) is 64.1 Å². The Morgan fingerprint density at radius 3 is 2.30 bits per heavy atom. The highest BCUT2D eigenvalue weighted by atomic mass is 16.3. The first-order chi connectivity index (χ1) is 11.0. The van der Waals surface area contributed by atoms with Gasteiger partial charge in [-0.2, -0.15) is 0 Å². The summed E-state index contributed by atoms with van der Waals surface area (Å²) in [7, 11) is 2.11. The van der Waals surface area contributed by atoms with Crippen LogP contribution in [-0.4, -0.2) is 68.0 Å². The van der Waals surface area contributed by atoms with Gasteiger partial charge in [0.25, 0.3) is 0 Å². The Bertz CT molecular complexity index is 499. The third-order valence-electron chi connectivity index (χ3n) is 5.55. The number of rotatable bonds is 4. The molecule has 6 heteroatoms. The quantitative estimate of drug-likeness (QED) is 0.907. The van der Waals surface area contributed by atoms with E-state index in [1.807, 2.05) is 0 Å². The maximum absolute atomic E-state index is 9.62. The van der Waals surface area contributed by atoms with Crippen LogP contribution in [0.2, 0.25) is 0 Å². The Hall–Kier alpha value is -0.980. The van der Waals surface area contributed by atoms with Crippen LogP contribution in [0.3, 0.4) is 0 Å². The maximum atomic E-state index is 9.62. The number of aliphatic hydroxyl groups is 1. The van der Waals surface area contributed by atoms with Gasteiger partial charge in [0.1, 0.15) is 11.6 Å². The summed E-state index contributed by atoms with van der Waals surface area (Å²) in [4.78, 5) is 4.93. The average molecular weight is 321 g/mol. The molecule has 0 radical (unpaired) electrons. The first kappa shape index (κ1) is 16.9. The molecule has 23 heavy (non-hydrogen) atoms. The minimum atomic E-state index is -0.118. The molecule has 0 unspecified atom stereocenters. The lowest BCUT2D eigenvalue weighted by atomic mass is 9.95. The van der Waals surface area contributed by atoms with Crippen LogP contribution in [0.5, 0.6) is 0 Å². The van der Waals surface area contributed by atoms with Gasteiger partial charge >= 0.3 is 0 Å². The Labute approximate surface area is 139 Å². The summed E-state index contributed by atoms with van der Waals surface area (Å²) in [6.07, 6.45) is 3.99. The third kappa shape index (κ3) is 3.92. The molecule has 0 amide bonds. The largest absolute Gasteiger partial charge is 0.393 e. The molecule has 3 heterocycles. The molecule has 1 N–H and O–H groups in total. The van der Waals surface area contributed by atoms with Crippen LogP contribution in [0.1, 0.15) is 57.1 Å². The van der Waals surface area contributed by atoms with Gasteiger partial charge in [0, 0.05) is 32.1 Å². The lowest BCUT2D eigenvalue weighted by Crippen LogP contribution is -2.38. The van der Waals surface area contributed by atoms with Gasteiger partial charge in [0.15, 0.2) is 0 Å². The van der Waals surface area contributed by atoms with Crippen molar-refractivity contribution in [2.24, 2.45) is 7.05 Å². The topological polar surface area (TPSA) is 57.4 Å². The van der Waals surface area contributed by atoms with Gasteiger partial charge in [-0.1, -0.05) is 0 Å². The molecule has 0 bridgehead atoms. The Morgan fingerprint density at radius 2 is 1.70 bits per heavy atom. The minimum Gasteiger partial charge on any atom is -0.393 e. The van der Waals surface area contributed by atoms with E-state index in [9.17, 15) is 5.11 Å². The summed E-state index contributed by atoms with van der Waals surface area (Å²) in [6, 6.07) is 0.639. The first-order valence-electron chi connectivity index (χ1n) is 9.07. The van der Waals surface area contributed by atoms with Gasteiger partial charge in [0.05, 0.1) is 12.6 Å². The number of nitrogens with zero attached hydrogens (tertiary/aromatic N) is 5. The second-order valence-corrected chi connectivity index (χ2v) is 7.44. The molecule has 6 nitrogen and oxygen atoms in total. The summed E-state index contributed by atoms with van der Waals surface area (Å²) >= 11 is 0. The van der Waals surface area contributed by atoms with Gasteiger partial charge in [-0.05, 0) is 52.6 Å². The van der Waals surface area contributed by atoms with Crippen molar-refractivity contribution >= 4 is 0 Å². The van der Waals surface area contributed by atoms with Gasteiger partial charge in [-0.15, -0.1) is 10.2 Å². The van der Waals surface area contributed by atoms with E-state index >= 15 is 0 Å². The van der Waals surface area contributed by atoms with Crippen molar-refractivity contribution in [3.8, 4) is 0 Å². The van der Waals surface area contributed by atoms with E-state index in [0.29, 0.717) is 12.0 Å². The number of piperidine rings is 2. The predicted molar refractivity (Wildman–Crippen MR) is 90.2 cm³/mol. The molecule has 0 saturated carbocycles. The van der Waals surface area contributed by atoms with Crippen LogP contribution >= 0.6 is 0 Å². The fourth-order valence-electron chi connectivity index (χ4n) is 3.82. The van der Waals surface area contributed by atoms with Crippen molar-refractivity contribution in [1.29, 1.82) is 0 Å². The van der Waals surface area contributed by atoms with E-state index in [4.69, 9.17) is 0 Å². The summed E-state index contributed by atoms with van der Waals surface area (Å²) in [6.45, 7) is 9.63. The SMILES string of the molecule is CC(C)N1CCC(c2nnc(CN3CCC(O)CC3)n2C)CC1. The zero-order valence-electron chi connectivity index (χ0n) is 14.8. The molecule has 0 spiro atoms. The van der Waals surface area contributed by atoms with Crippen LogP contribution in [0.4, 0.5) is 0 Å². The van der Waals surface area contributed by atoms with Crippen LogP contribution in [0.25, 0.3) is 0 Å². The van der Waals surface area contributed by atoms with Crippen molar-refractivity contribution in [2.75, 3.05) is 26.2 Å². The third-order valence-corrected chi connectivity index (χ3v) is 5.55. The summed E-state index contributed by atoms with van der Waals surface area (Å²) in [5.41, 5.74) is 0. The maximum Gasteiger partial charge on any atom is 0.146 e. The molecule has 1 aromatic heterocycles. The van der Waals surface area contributed by atoms with Crippen LogP contribution in [0.15, 0.2) is 0 Å². The number of hydrogen-bond acceptors (Lipinski definition) is 5. The Kier molecular flexibility index (Phi) is 5.34. The van der Waals surface area contributed by atoms with E-state index < -0.39 is 0 Å². The normalized spacial score (nSPS) is 23.0. The van der Waals surface area contributed by atoms with Crippen molar-refractivity contribution in [3.05, 3.63) is 11.6 Å². The second kappa shape index (κ2) is 7.28. The molecule has 2 aliphatic heterocycles. The lowest BCUT2D eigenvalue weighted by molar-refractivity contribution is 0.0775. The van der Waals surface area contributed by atoms with E-state index in [1.165, 1.54) is 12.8 Å². The molecule has 130 valence electrons. The molecular weight excluding hydrogens is 290 g/mol. The summed E-state index contributed by atoms with van der Waals surface area (Å²) < 4.78 is 2.21. The van der Waals surface area contributed by atoms with Gasteiger partial charge in [0.2, 0.25) is 0 Å². The van der Waals surface area contributed by atoms with Gasteiger partial charge in [-0.3, -0.25) is 4.90 Å². The van der Waals surface area contributed by atoms with Crippen molar-refractivity contribution in [1.82, 2.24) is 24.6 Å². The lowest BCUT2D eigenvalue weighted by Gasteiger charge is -2.34. The standard InChI is InChI=1S/C17H31N5O/c1-13(2)22-10-4-14(5-11-22)17-19-18-16(20(17)3)12-21-8-6-15(23)7-9-21/h13-15,23H,4-12H2,1-3H3. The monoisotopic (exact) mass is 321 g/mol. The average Bonchev–Trinajstić information content (AvgIpc) is 2.90. The highest BCUT2D eigenvalue weighted by molar-refractivity contribution is 5.03. The smallest absolute Gasteiger partial charge is 0.146 e. The Morgan fingerprint density at radius 1 is 1.04 bits per heavy atom. The van der Waals surface area contributed by atoms with E-state index in [1.54, 1.807) is 0 Å². The summed E-state index contributed by atoms with van der Waals surface area (Å²) in [5, 5.41) is 18.6. The van der Waals surface area contributed by atoms with Crippen molar-refractivity contribution in [3.63, 3.8) is 0 Å². The number of hydrogen-bond donors (Lipinski definition) is 1. The highest BCUT2D eigenvalue weighted by Gasteiger charge is 2.27. The number of aliphatic hydroxyl groups excluding tert-OH is 1. The molecule has 2 saturated heterocycles. The summed E-state index contributed by atoms with van der Waals surface area (Å²) in [5.74, 6) is 2.75. The molecule has 3 rings (SSSR count). The molecule has 0 atom stereocenters. The van der Waals surface area contributed by atoms with E-state index in [2.05, 4.69) is 45.5 Å². The zero-order chi connectivity index (χ0) is 16.4. The number of aromatic nitrogens is 3. The predicted octanol–water partition coefficient (Wildman–Crippen LogP) is 1.36. The first-order valence-corrected chi connectivity index (χ1v) is 9.07. The molecule has 2 fully saturated rings. The van der Waals surface area contributed by atoms with E-state index in [-0.39, 0.29) is 6.10 Å². The fourth-order valence-corrected chi connectivity index (χ4v) is 3.82. The zero-order valence-corrected chi connectivity index (χ0v) is 14.8. The molecular formula is C17H31N5O. The number of likely N-dealkylation sites (tertiary alicyclic amines) is 2. The fraction of sp³-hybridized carbons (Fsp3) is 0.882. The second-order valence-electron chi connectivity index (χ2n) is 7.44. The molecule has 2 aliphatic rings. The minimum absolute atomic E-state index is 0.118. The van der Waals surface area contributed by atoms with Gasteiger partial charge in [-0.25, -0.2) is 0 Å². The van der Waals surface area contributed by atoms with Crippen LogP contribution < -0.4 is 0 Å². The molecule has 0 aliphatic carbocycles. The Balaban J connectivity index is 1.59.